The number of carbonyl (C=O) groups is 1. The number of ether oxygens (including phenoxy) is 2. The lowest BCUT2D eigenvalue weighted by molar-refractivity contribution is -0.116. The van der Waals surface area contributed by atoms with E-state index in [0.29, 0.717) is 47.0 Å². The van der Waals surface area contributed by atoms with Crippen LogP contribution >= 0.6 is 23.2 Å². The van der Waals surface area contributed by atoms with Crippen molar-refractivity contribution in [3.05, 3.63) is 81.8 Å². The van der Waals surface area contributed by atoms with Crippen molar-refractivity contribution >= 4 is 40.5 Å². The van der Waals surface area contributed by atoms with Crippen LogP contribution in [0.2, 0.25) is 10.0 Å². The van der Waals surface area contributed by atoms with Crippen molar-refractivity contribution < 1.29 is 14.3 Å². The first-order valence-corrected chi connectivity index (χ1v) is 12.1. The summed E-state index contributed by atoms with van der Waals surface area (Å²) < 4.78 is 12.0. The van der Waals surface area contributed by atoms with E-state index in [-0.39, 0.29) is 12.5 Å². The molecule has 3 aromatic carbocycles. The highest BCUT2D eigenvalue weighted by Crippen LogP contribution is 2.34. The summed E-state index contributed by atoms with van der Waals surface area (Å²) in [6.07, 6.45) is 0.486. The second kappa shape index (κ2) is 12.5. The van der Waals surface area contributed by atoms with Gasteiger partial charge in [-0.1, -0.05) is 61.3 Å². The van der Waals surface area contributed by atoms with Gasteiger partial charge in [0.25, 0.3) is 0 Å². The fourth-order valence-corrected chi connectivity index (χ4v) is 3.87. The zero-order chi connectivity index (χ0) is 24.5. The molecule has 0 saturated carbocycles. The molecular weight excluding hydrogens is 471 g/mol. The molecule has 7 heteroatoms. The predicted molar refractivity (Wildman–Crippen MR) is 140 cm³/mol. The summed E-state index contributed by atoms with van der Waals surface area (Å²) >= 11 is 12.3. The normalized spacial score (nSPS) is 10.8. The van der Waals surface area contributed by atoms with Gasteiger partial charge in [0.05, 0.1) is 6.61 Å². The molecule has 0 saturated heterocycles. The molecule has 0 bridgehead atoms. The molecule has 0 unspecified atom stereocenters. The van der Waals surface area contributed by atoms with Crippen LogP contribution in [0.15, 0.2) is 60.7 Å². The zero-order valence-corrected chi connectivity index (χ0v) is 21.2. The Morgan fingerprint density at radius 1 is 0.941 bits per heavy atom. The monoisotopic (exact) mass is 500 g/mol. The molecule has 2 N–H and O–H groups in total. The van der Waals surface area contributed by atoms with Gasteiger partial charge in [0.15, 0.2) is 11.5 Å². The van der Waals surface area contributed by atoms with Crippen LogP contribution in [0.3, 0.4) is 0 Å². The molecule has 0 aliphatic carbocycles. The maximum absolute atomic E-state index is 12.1. The quantitative estimate of drug-likeness (QED) is 0.285. The molecule has 3 rings (SSSR count). The van der Waals surface area contributed by atoms with Crippen LogP contribution in [-0.2, 0) is 17.9 Å². The fourth-order valence-electron chi connectivity index (χ4n) is 3.41. The lowest BCUT2D eigenvalue weighted by Crippen LogP contribution is -2.14. The van der Waals surface area contributed by atoms with Gasteiger partial charge in [-0.25, -0.2) is 0 Å². The number of halogens is 2. The van der Waals surface area contributed by atoms with E-state index in [4.69, 9.17) is 32.7 Å². The van der Waals surface area contributed by atoms with Crippen molar-refractivity contribution in [2.24, 2.45) is 5.92 Å². The number of hydrogen-bond acceptors (Lipinski definition) is 4. The highest BCUT2D eigenvalue weighted by atomic mass is 35.5. The van der Waals surface area contributed by atoms with Crippen molar-refractivity contribution in [1.82, 2.24) is 0 Å². The average molecular weight is 501 g/mol. The van der Waals surface area contributed by atoms with Crippen molar-refractivity contribution in [2.45, 2.75) is 40.3 Å². The van der Waals surface area contributed by atoms with Crippen molar-refractivity contribution in [3.8, 4) is 11.5 Å². The third kappa shape index (κ3) is 7.57. The summed E-state index contributed by atoms with van der Waals surface area (Å²) in [4.78, 5) is 12.1. The Bertz CT molecular complexity index is 1120. The summed E-state index contributed by atoms with van der Waals surface area (Å²) in [6.45, 7) is 7.29. The maximum atomic E-state index is 12.1. The van der Waals surface area contributed by atoms with Crippen molar-refractivity contribution in [1.29, 1.82) is 0 Å². The molecule has 0 aliphatic heterocycles. The number of benzene rings is 3. The predicted octanol–water partition coefficient (Wildman–Crippen LogP) is 7.57. The minimum Gasteiger partial charge on any atom is -0.490 e. The van der Waals surface area contributed by atoms with Gasteiger partial charge in [0, 0.05) is 45.5 Å². The summed E-state index contributed by atoms with van der Waals surface area (Å²) in [5.41, 5.74) is 3.41. The van der Waals surface area contributed by atoms with Crippen LogP contribution in [0.4, 0.5) is 11.4 Å². The number of carbonyl (C=O) groups excluding carboxylic acids is 1. The van der Waals surface area contributed by atoms with E-state index >= 15 is 0 Å². The van der Waals surface area contributed by atoms with E-state index in [9.17, 15) is 4.79 Å². The Labute approximate surface area is 211 Å². The van der Waals surface area contributed by atoms with Crippen molar-refractivity contribution in [3.63, 3.8) is 0 Å². The lowest BCUT2D eigenvalue weighted by Gasteiger charge is -2.17. The first-order chi connectivity index (χ1) is 16.4. The Kier molecular flexibility index (Phi) is 9.49. The number of amides is 1. The molecule has 0 radical (unpaired) electrons. The van der Waals surface area contributed by atoms with E-state index in [1.807, 2.05) is 69.3 Å². The molecule has 0 aliphatic rings. The third-order valence-electron chi connectivity index (χ3n) is 4.97. The molecular formula is C27H30Cl2N2O3. The molecule has 0 heterocycles. The van der Waals surface area contributed by atoms with Gasteiger partial charge in [-0.2, -0.15) is 0 Å². The number of hydrogen-bond donors (Lipinski definition) is 2. The SMILES string of the molecule is CCOc1cccc(CNc2cccc(NC(=O)CC(C)C)c2)c1OCc1ccc(Cl)cc1Cl. The van der Waals surface area contributed by atoms with Gasteiger partial charge in [-0.05, 0) is 49.2 Å². The van der Waals surface area contributed by atoms with E-state index < -0.39 is 0 Å². The van der Waals surface area contributed by atoms with E-state index in [0.717, 1.165) is 22.5 Å². The Balaban J connectivity index is 1.73. The largest absolute Gasteiger partial charge is 0.490 e. The van der Waals surface area contributed by atoms with Crippen LogP contribution in [-0.4, -0.2) is 12.5 Å². The van der Waals surface area contributed by atoms with E-state index in [1.54, 1.807) is 12.1 Å². The Morgan fingerprint density at radius 3 is 2.44 bits per heavy atom. The molecule has 0 spiro atoms. The van der Waals surface area contributed by atoms with E-state index in [2.05, 4.69) is 10.6 Å². The average Bonchev–Trinajstić information content (AvgIpc) is 2.78. The number of nitrogens with one attached hydrogen (secondary N) is 2. The molecule has 0 fully saturated rings. The van der Waals surface area contributed by atoms with Crippen LogP contribution in [0.25, 0.3) is 0 Å². The summed E-state index contributed by atoms with van der Waals surface area (Å²) in [5, 5.41) is 7.50. The number of rotatable bonds is 11. The van der Waals surface area contributed by atoms with Crippen molar-refractivity contribution in [2.75, 3.05) is 17.2 Å². The highest BCUT2D eigenvalue weighted by molar-refractivity contribution is 6.35. The molecule has 34 heavy (non-hydrogen) atoms. The summed E-state index contributed by atoms with van der Waals surface area (Å²) in [5.74, 6) is 1.64. The summed E-state index contributed by atoms with van der Waals surface area (Å²) in [6, 6.07) is 18.8. The molecule has 5 nitrogen and oxygen atoms in total. The first-order valence-electron chi connectivity index (χ1n) is 11.3. The van der Waals surface area contributed by atoms with Gasteiger partial charge < -0.3 is 20.1 Å². The minimum atomic E-state index is 0.00751. The second-order valence-electron chi connectivity index (χ2n) is 8.28. The van der Waals surface area contributed by atoms with Gasteiger partial charge in [0.1, 0.15) is 6.61 Å². The van der Waals surface area contributed by atoms with Crippen LogP contribution in [0.1, 0.15) is 38.3 Å². The Morgan fingerprint density at radius 2 is 1.71 bits per heavy atom. The van der Waals surface area contributed by atoms with Crippen LogP contribution in [0, 0.1) is 5.92 Å². The van der Waals surface area contributed by atoms with Gasteiger partial charge >= 0.3 is 0 Å². The summed E-state index contributed by atoms with van der Waals surface area (Å²) in [7, 11) is 0. The molecule has 0 atom stereocenters. The fraction of sp³-hybridized carbons (Fsp3) is 0.296. The molecule has 0 aromatic heterocycles. The van der Waals surface area contributed by atoms with Gasteiger partial charge in [0.2, 0.25) is 5.91 Å². The first kappa shape index (κ1) is 25.7. The van der Waals surface area contributed by atoms with Gasteiger partial charge in [-0.3, -0.25) is 4.79 Å². The minimum absolute atomic E-state index is 0.00751. The van der Waals surface area contributed by atoms with Crippen LogP contribution < -0.4 is 20.1 Å². The van der Waals surface area contributed by atoms with Gasteiger partial charge in [-0.15, -0.1) is 0 Å². The Hall–Kier alpha value is -2.89. The number of anilines is 2. The third-order valence-corrected chi connectivity index (χ3v) is 5.56. The molecule has 3 aromatic rings. The van der Waals surface area contributed by atoms with E-state index in [1.165, 1.54) is 0 Å². The van der Waals surface area contributed by atoms with Crippen LogP contribution in [0.5, 0.6) is 11.5 Å². The standard InChI is InChI=1S/C27H30Cl2N2O3/c1-4-33-25-10-5-7-19(27(25)34-17-20-11-12-21(28)14-24(20)29)16-30-22-8-6-9-23(15-22)31-26(32)13-18(2)3/h5-12,14-15,18,30H,4,13,16-17H2,1-3H3,(H,31,32). The second-order valence-corrected chi connectivity index (χ2v) is 9.13. The highest BCUT2D eigenvalue weighted by Gasteiger charge is 2.13. The topological polar surface area (TPSA) is 59.6 Å². The molecule has 180 valence electrons. The number of para-hydroxylation sites is 1. The zero-order valence-electron chi connectivity index (χ0n) is 19.7. The molecule has 1 amide bonds. The smallest absolute Gasteiger partial charge is 0.224 e. The maximum Gasteiger partial charge on any atom is 0.224 e. The lowest BCUT2D eigenvalue weighted by atomic mass is 10.1.